The molecule has 140 valence electrons. The van der Waals surface area contributed by atoms with Gasteiger partial charge in [0.15, 0.2) is 0 Å². The van der Waals surface area contributed by atoms with Crippen LogP contribution in [0.1, 0.15) is 32.6 Å². The molecular formula is C17H13BrClF3O3S. The molecule has 0 atom stereocenters. The minimum absolute atomic E-state index is 0.0396. The summed E-state index contributed by atoms with van der Waals surface area (Å²) >= 11 is 12.8. The summed E-state index contributed by atoms with van der Waals surface area (Å²) in [4.78, 5) is 12.0. The summed E-state index contributed by atoms with van der Waals surface area (Å²) in [5.74, 6) is -0.344. The molecule has 0 saturated carbocycles. The van der Waals surface area contributed by atoms with Gasteiger partial charge in [0.25, 0.3) is 0 Å². The van der Waals surface area contributed by atoms with Gasteiger partial charge in [-0.2, -0.15) is 13.2 Å². The maximum atomic E-state index is 12.8. The third-order valence-electron chi connectivity index (χ3n) is 3.93. The Morgan fingerprint density at radius 3 is 2.27 bits per heavy atom. The maximum absolute atomic E-state index is 12.8. The van der Waals surface area contributed by atoms with Crippen LogP contribution in [-0.2, 0) is 10.4 Å². The number of hydrogen-bond acceptors (Lipinski definition) is 4. The molecule has 2 aromatic carbocycles. The van der Waals surface area contributed by atoms with Crippen molar-refractivity contribution in [1.29, 1.82) is 0 Å². The molecule has 0 N–H and O–H groups in total. The number of hydrogen-bond donors (Lipinski definition) is 1. The number of ether oxygens (including phenoxy) is 1. The first kappa shape index (κ1) is 20.9. The molecule has 0 bridgehead atoms. The van der Waals surface area contributed by atoms with Crippen molar-refractivity contribution in [3.8, 4) is 11.5 Å². The van der Waals surface area contributed by atoms with Crippen LogP contribution in [0.5, 0.6) is 11.5 Å². The zero-order valence-corrected chi connectivity index (χ0v) is 17.0. The lowest BCUT2D eigenvalue weighted by molar-refractivity contribution is -0.137. The second-order valence-corrected chi connectivity index (χ2v) is 6.90. The molecule has 0 unspecified atom stereocenters. The van der Waals surface area contributed by atoms with Crippen LogP contribution in [-0.4, -0.2) is 5.97 Å². The molecule has 0 aliphatic heterocycles. The van der Waals surface area contributed by atoms with Crippen molar-refractivity contribution in [1.82, 2.24) is 0 Å². The van der Waals surface area contributed by atoms with Crippen molar-refractivity contribution in [3.05, 3.63) is 55.5 Å². The zero-order chi connectivity index (χ0) is 19.8. The molecule has 2 rings (SSSR count). The fourth-order valence-corrected chi connectivity index (χ4v) is 3.46. The highest BCUT2D eigenvalue weighted by atomic mass is 79.9. The molecule has 0 fully saturated rings. The summed E-state index contributed by atoms with van der Waals surface area (Å²) in [5.41, 5.74) is 1.18. The molecule has 0 aromatic heterocycles. The van der Waals surface area contributed by atoms with Crippen molar-refractivity contribution in [2.24, 2.45) is 0 Å². The van der Waals surface area contributed by atoms with E-state index in [9.17, 15) is 18.0 Å². The lowest BCUT2D eigenvalue weighted by atomic mass is 9.99. The Kier molecular flexibility index (Phi) is 6.20. The van der Waals surface area contributed by atoms with Crippen LogP contribution in [0.2, 0.25) is 5.02 Å². The second-order valence-electron chi connectivity index (χ2n) is 5.52. The number of carbonyl (C=O) groups excluding carboxylic acids is 1. The number of carbonyl (C=O) groups is 1. The van der Waals surface area contributed by atoms with E-state index >= 15 is 0 Å². The molecule has 0 aliphatic carbocycles. The van der Waals surface area contributed by atoms with Crippen LogP contribution in [0.25, 0.3) is 0 Å². The standard InChI is InChI=1S/C17H13BrClF3O3S/c1-7-8(2)15(9(3)13(14(7)18)16(23)25-26)24-12-5-4-10(6-11(12)19)17(20,21)22/h4-6,26H,1-3H3. The van der Waals surface area contributed by atoms with Gasteiger partial charge in [-0.25, -0.2) is 4.79 Å². The number of alkyl halides is 3. The number of rotatable bonds is 3. The quantitative estimate of drug-likeness (QED) is 0.395. The topological polar surface area (TPSA) is 35.5 Å². The van der Waals surface area contributed by atoms with Gasteiger partial charge in [0.1, 0.15) is 11.5 Å². The van der Waals surface area contributed by atoms with Gasteiger partial charge >= 0.3 is 12.1 Å². The van der Waals surface area contributed by atoms with E-state index in [-0.39, 0.29) is 16.3 Å². The van der Waals surface area contributed by atoms with E-state index in [1.807, 2.05) is 0 Å². The van der Waals surface area contributed by atoms with E-state index in [4.69, 9.17) is 16.3 Å². The van der Waals surface area contributed by atoms with E-state index in [1.165, 1.54) is 0 Å². The van der Waals surface area contributed by atoms with Crippen molar-refractivity contribution in [2.75, 3.05) is 0 Å². The molecule has 0 amide bonds. The molecule has 0 aliphatic rings. The average Bonchev–Trinajstić information content (AvgIpc) is 2.57. The summed E-state index contributed by atoms with van der Waals surface area (Å²) in [6, 6.07) is 2.80. The monoisotopic (exact) mass is 468 g/mol. The molecule has 2 aromatic rings. The van der Waals surface area contributed by atoms with Crippen LogP contribution in [0.15, 0.2) is 22.7 Å². The van der Waals surface area contributed by atoms with E-state index in [0.717, 1.165) is 18.2 Å². The van der Waals surface area contributed by atoms with Gasteiger partial charge in [0, 0.05) is 22.9 Å². The molecule has 0 radical (unpaired) electrons. The van der Waals surface area contributed by atoms with Gasteiger partial charge in [0.05, 0.1) is 16.1 Å². The van der Waals surface area contributed by atoms with E-state index in [0.29, 0.717) is 26.9 Å². The summed E-state index contributed by atoms with van der Waals surface area (Å²) in [5, 5.41) is -0.197. The Labute approximate surface area is 167 Å². The van der Waals surface area contributed by atoms with Gasteiger partial charge in [-0.3, -0.25) is 0 Å². The predicted molar refractivity (Wildman–Crippen MR) is 99.3 cm³/mol. The molecule has 0 saturated heterocycles. The molecule has 9 heteroatoms. The van der Waals surface area contributed by atoms with Gasteiger partial charge in [-0.15, -0.1) is 0 Å². The Balaban J connectivity index is 2.57. The van der Waals surface area contributed by atoms with Gasteiger partial charge in [0.2, 0.25) is 0 Å². The molecule has 0 spiro atoms. The summed E-state index contributed by atoms with van der Waals surface area (Å²) in [6.07, 6.45) is -4.51. The lowest BCUT2D eigenvalue weighted by Gasteiger charge is -2.19. The summed E-state index contributed by atoms with van der Waals surface area (Å²) in [7, 11) is 0. The van der Waals surface area contributed by atoms with Crippen LogP contribution in [0, 0.1) is 20.8 Å². The third-order valence-corrected chi connectivity index (χ3v) is 5.38. The number of benzene rings is 2. The predicted octanol–water partition coefficient (Wildman–Crippen LogP) is 6.84. The van der Waals surface area contributed by atoms with E-state index < -0.39 is 17.7 Å². The number of halogens is 5. The minimum Gasteiger partial charge on any atom is -0.455 e. The van der Waals surface area contributed by atoms with Crippen molar-refractivity contribution >= 4 is 46.4 Å². The normalized spacial score (nSPS) is 11.4. The first-order valence-electron chi connectivity index (χ1n) is 7.18. The Morgan fingerprint density at radius 1 is 1.15 bits per heavy atom. The van der Waals surface area contributed by atoms with Crippen molar-refractivity contribution in [2.45, 2.75) is 26.9 Å². The van der Waals surface area contributed by atoms with Gasteiger partial charge < -0.3 is 8.92 Å². The molecule has 3 nitrogen and oxygen atoms in total. The minimum atomic E-state index is -4.51. The van der Waals surface area contributed by atoms with Gasteiger partial charge in [-0.05, 0) is 66.0 Å². The van der Waals surface area contributed by atoms with Crippen molar-refractivity contribution in [3.63, 3.8) is 0 Å². The van der Waals surface area contributed by atoms with E-state index in [1.54, 1.807) is 20.8 Å². The fraction of sp³-hybridized carbons (Fsp3) is 0.235. The Bertz CT molecular complexity index is 885. The van der Waals surface area contributed by atoms with Gasteiger partial charge in [-0.1, -0.05) is 11.6 Å². The second kappa shape index (κ2) is 7.70. The Morgan fingerprint density at radius 2 is 1.77 bits per heavy atom. The first-order chi connectivity index (χ1) is 12.0. The zero-order valence-electron chi connectivity index (χ0n) is 13.8. The lowest BCUT2D eigenvalue weighted by Crippen LogP contribution is -2.08. The molecule has 26 heavy (non-hydrogen) atoms. The SMILES string of the molecule is Cc1c(C)c(Oc2ccc(C(F)(F)F)cc2Cl)c(C)c(C(=O)OS)c1Br. The van der Waals surface area contributed by atoms with Crippen LogP contribution < -0.4 is 4.74 Å². The third kappa shape index (κ3) is 3.97. The smallest absolute Gasteiger partial charge is 0.416 e. The highest BCUT2D eigenvalue weighted by molar-refractivity contribution is 9.10. The largest absolute Gasteiger partial charge is 0.455 e. The maximum Gasteiger partial charge on any atom is 0.416 e. The summed E-state index contributed by atoms with van der Waals surface area (Å²) in [6.45, 7) is 5.15. The highest BCUT2D eigenvalue weighted by Gasteiger charge is 2.31. The van der Waals surface area contributed by atoms with E-state index in [2.05, 4.69) is 33.0 Å². The molecule has 0 heterocycles. The van der Waals surface area contributed by atoms with Crippen LogP contribution in [0.4, 0.5) is 13.2 Å². The van der Waals surface area contributed by atoms with Crippen LogP contribution >= 0.6 is 40.4 Å². The molecular weight excluding hydrogens is 457 g/mol. The van der Waals surface area contributed by atoms with Crippen LogP contribution in [0.3, 0.4) is 0 Å². The number of thiol groups is 1. The highest BCUT2D eigenvalue weighted by Crippen LogP contribution is 2.41. The Hall–Kier alpha value is -1.38. The fourth-order valence-electron chi connectivity index (χ4n) is 2.39. The average molecular weight is 470 g/mol. The summed E-state index contributed by atoms with van der Waals surface area (Å²) < 4.78 is 49.1. The first-order valence-corrected chi connectivity index (χ1v) is 8.72. The van der Waals surface area contributed by atoms with Crippen molar-refractivity contribution < 1.29 is 26.9 Å².